The molecule has 0 spiro atoms. The van der Waals surface area contributed by atoms with Crippen molar-refractivity contribution in [3.63, 3.8) is 0 Å². The third-order valence-electron chi connectivity index (χ3n) is 3.54. The fourth-order valence-corrected chi connectivity index (χ4v) is 2.43. The number of hydrogen-bond acceptors (Lipinski definition) is 1. The van der Waals surface area contributed by atoms with Crippen molar-refractivity contribution in [1.29, 1.82) is 0 Å². The molecule has 0 aliphatic heterocycles. The van der Waals surface area contributed by atoms with Crippen LogP contribution < -0.4 is 4.98 Å². The van der Waals surface area contributed by atoms with Crippen molar-refractivity contribution < 1.29 is 43.4 Å². The average Bonchev–Trinajstić information content (AvgIpc) is 3.08. The fourth-order valence-electron chi connectivity index (χ4n) is 2.43. The Labute approximate surface area is 172 Å². The van der Waals surface area contributed by atoms with Crippen LogP contribution in [0.3, 0.4) is 0 Å². The van der Waals surface area contributed by atoms with Gasteiger partial charge in [-0.05, 0) is 23.1 Å². The molecule has 2 nitrogen and oxygen atoms in total. The Balaban J connectivity index is 0.000000878. The van der Waals surface area contributed by atoms with E-state index in [4.69, 9.17) is 18.6 Å². The summed E-state index contributed by atoms with van der Waals surface area (Å²) in [7, 11) is 9.78. The second kappa shape index (κ2) is 9.35. The molecule has 0 aliphatic rings. The normalized spacial score (nSPS) is 12.1. The van der Waals surface area contributed by atoms with Crippen LogP contribution in [0.25, 0.3) is 10.9 Å². The van der Waals surface area contributed by atoms with Crippen LogP contribution in [0, 0.1) is 0 Å². The number of para-hydroxylation sites is 2. The van der Waals surface area contributed by atoms with E-state index in [1.165, 1.54) is 12.3 Å². The van der Waals surface area contributed by atoms with Gasteiger partial charge < -0.3 is 4.98 Å². The molecule has 11 heteroatoms. The van der Waals surface area contributed by atoms with Crippen molar-refractivity contribution in [2.45, 2.75) is 12.4 Å². The summed E-state index contributed by atoms with van der Waals surface area (Å²) in [5.41, 5.74) is -3.27. The molecular weight excluding hydrogens is 465 g/mol. The molecule has 28 heavy (non-hydrogen) atoms. The molecule has 0 amide bonds. The summed E-state index contributed by atoms with van der Waals surface area (Å²) in [6.07, 6.45) is -7.46. The molecule has 1 heterocycles. The zero-order valence-corrected chi connectivity index (χ0v) is 16.7. The Morgan fingerprint density at radius 3 is 1.93 bits per heavy atom. The molecule has 0 radical (unpaired) electrons. The molecule has 2 aromatic carbocycles. The molecule has 0 bridgehead atoms. The maximum atomic E-state index is 13.1. The molecule has 0 N–H and O–H groups in total. The van der Waals surface area contributed by atoms with E-state index in [9.17, 15) is 26.3 Å². The molecule has 3 aromatic rings. The monoisotopic (exact) mass is 473 g/mol. The number of hydrogen-bond donors (Lipinski definition) is 0. The SMILES string of the molecule is FC(F)(F)c1cccc(C(F)(F)F)c1N=Cc1cccc2cc[n-]c12.[Cl][Ti][Cl]. The zero-order valence-electron chi connectivity index (χ0n) is 13.6. The first-order valence-corrected chi connectivity index (χ1v) is 11.7. The van der Waals surface area contributed by atoms with Crippen molar-refractivity contribution in [2.24, 2.45) is 4.99 Å². The van der Waals surface area contributed by atoms with E-state index in [0.717, 1.165) is 6.21 Å². The minimum atomic E-state index is -4.96. The van der Waals surface area contributed by atoms with Crippen LogP contribution in [0.5, 0.6) is 0 Å². The molecule has 3 rings (SSSR count). The number of nitrogens with zero attached hydrogens (tertiary/aromatic N) is 2. The van der Waals surface area contributed by atoms with Crippen LogP contribution in [-0.4, -0.2) is 6.21 Å². The summed E-state index contributed by atoms with van der Waals surface area (Å²) >= 11 is -0.556. The van der Waals surface area contributed by atoms with Gasteiger partial charge in [0.25, 0.3) is 0 Å². The van der Waals surface area contributed by atoms with Gasteiger partial charge in [-0.1, -0.05) is 30.3 Å². The first kappa shape index (κ1) is 22.8. The third-order valence-corrected chi connectivity index (χ3v) is 3.54. The maximum absolute atomic E-state index is 13.1. The Hall–Kier alpha value is -1.48. The van der Waals surface area contributed by atoms with Crippen molar-refractivity contribution in [2.75, 3.05) is 0 Å². The van der Waals surface area contributed by atoms with E-state index in [1.54, 1.807) is 18.2 Å². The van der Waals surface area contributed by atoms with Gasteiger partial charge in [-0.15, -0.1) is 5.52 Å². The van der Waals surface area contributed by atoms with E-state index in [0.29, 0.717) is 34.7 Å². The predicted molar refractivity (Wildman–Crippen MR) is 92.7 cm³/mol. The van der Waals surface area contributed by atoms with E-state index in [1.807, 2.05) is 0 Å². The van der Waals surface area contributed by atoms with Gasteiger partial charge in [0, 0.05) is 6.21 Å². The molecule has 0 saturated carbocycles. The number of aromatic nitrogens is 1. The minimum absolute atomic E-state index is 0.326. The van der Waals surface area contributed by atoms with Gasteiger partial charge in [0.05, 0.1) is 16.8 Å². The Kier molecular flexibility index (Phi) is 7.62. The number of benzene rings is 2. The summed E-state index contributed by atoms with van der Waals surface area (Å²) in [6, 6.07) is 8.40. The van der Waals surface area contributed by atoms with Gasteiger partial charge in [-0.25, -0.2) is 0 Å². The second-order valence-corrected chi connectivity index (χ2v) is 7.84. The number of aliphatic imine (C=N–C) groups is 1. The van der Waals surface area contributed by atoms with Crippen LogP contribution in [0.4, 0.5) is 32.0 Å². The van der Waals surface area contributed by atoms with Gasteiger partial charge in [-0.3, -0.25) is 4.99 Å². The first-order chi connectivity index (χ1) is 13.1. The van der Waals surface area contributed by atoms with Crippen LogP contribution in [0.1, 0.15) is 16.7 Å². The molecule has 0 fully saturated rings. The zero-order chi connectivity index (χ0) is 20.9. The van der Waals surface area contributed by atoms with Crippen molar-refractivity contribution in [3.05, 3.63) is 65.4 Å². The third kappa shape index (κ3) is 5.53. The van der Waals surface area contributed by atoms with Gasteiger partial charge in [0.1, 0.15) is 0 Å². The Morgan fingerprint density at radius 2 is 1.39 bits per heavy atom. The molecule has 1 aromatic heterocycles. The second-order valence-electron chi connectivity index (χ2n) is 5.26. The average molecular weight is 474 g/mol. The van der Waals surface area contributed by atoms with Crippen LogP contribution in [-0.2, 0) is 29.4 Å². The molecule has 0 saturated heterocycles. The Morgan fingerprint density at radius 1 is 0.857 bits per heavy atom. The van der Waals surface area contributed by atoms with Crippen LogP contribution in [0.2, 0.25) is 0 Å². The fraction of sp³-hybridized carbons (Fsp3) is 0.118. The summed E-state index contributed by atoms with van der Waals surface area (Å²) in [5, 5.41) is 0.712. The van der Waals surface area contributed by atoms with Crippen LogP contribution in [0.15, 0.2) is 53.7 Å². The van der Waals surface area contributed by atoms with Gasteiger partial charge in [0.15, 0.2) is 0 Å². The first-order valence-electron chi connectivity index (χ1n) is 7.37. The van der Waals surface area contributed by atoms with Gasteiger partial charge in [0.2, 0.25) is 0 Å². The van der Waals surface area contributed by atoms with E-state index >= 15 is 0 Å². The number of fused-ring (bicyclic) bond motifs is 1. The summed E-state index contributed by atoms with van der Waals surface area (Å²) < 4.78 is 78.6. The van der Waals surface area contributed by atoms with Gasteiger partial charge >= 0.3 is 48.0 Å². The number of alkyl halides is 6. The van der Waals surface area contributed by atoms with Crippen molar-refractivity contribution in [3.8, 4) is 0 Å². The molecular formula is C17H9Cl2F6N2Ti-. The number of rotatable bonds is 2. The molecule has 0 aliphatic carbocycles. The van der Waals surface area contributed by atoms with E-state index < -0.39 is 46.2 Å². The summed E-state index contributed by atoms with van der Waals surface area (Å²) in [5.74, 6) is 0. The quantitative estimate of drug-likeness (QED) is 0.224. The topological polar surface area (TPSA) is 26.5 Å². The Bertz CT molecular complexity index is 934. The van der Waals surface area contributed by atoms with Gasteiger partial charge in [-0.2, -0.15) is 32.5 Å². The predicted octanol–water partition coefficient (Wildman–Crippen LogP) is 6.96. The summed E-state index contributed by atoms with van der Waals surface area (Å²) in [4.78, 5) is 7.57. The van der Waals surface area contributed by atoms with Crippen molar-refractivity contribution >= 4 is 41.4 Å². The van der Waals surface area contributed by atoms with Crippen LogP contribution >= 0.6 is 18.6 Å². The molecule has 148 valence electrons. The van der Waals surface area contributed by atoms with Crippen molar-refractivity contribution in [1.82, 2.24) is 4.98 Å². The molecule has 0 atom stereocenters. The molecule has 0 unspecified atom stereocenters. The van der Waals surface area contributed by atoms with E-state index in [-0.39, 0.29) is 0 Å². The summed E-state index contributed by atoms with van der Waals surface area (Å²) in [6.45, 7) is 0. The standard InChI is InChI=1S/C17H9F6N2.2ClH.Ti/c18-16(19,20)12-5-2-6-13(17(21,22)23)15(12)25-9-11-4-1-3-10-7-8-24-14(10)11;;;/h1-9H;2*1H;/q-1;;;+2/p-2. The number of halogens is 8. The van der Waals surface area contributed by atoms with E-state index in [2.05, 4.69) is 9.98 Å².